The third kappa shape index (κ3) is 3.21. The number of fused-ring (bicyclic) bond motifs is 1. The zero-order valence-corrected chi connectivity index (χ0v) is 12.5. The van der Waals surface area contributed by atoms with Gasteiger partial charge in [0, 0.05) is 17.8 Å². The molecule has 23 heavy (non-hydrogen) atoms. The van der Waals surface area contributed by atoms with Gasteiger partial charge in [0.05, 0.1) is 7.11 Å². The van der Waals surface area contributed by atoms with Crippen molar-refractivity contribution >= 4 is 22.5 Å². The fourth-order valence-electron chi connectivity index (χ4n) is 2.29. The molecule has 0 spiro atoms. The van der Waals surface area contributed by atoms with Crippen molar-refractivity contribution in [3.63, 3.8) is 0 Å². The van der Waals surface area contributed by atoms with Crippen LogP contribution < -0.4 is 15.6 Å². The molecule has 2 heterocycles. The van der Waals surface area contributed by atoms with Crippen LogP contribution in [0.25, 0.3) is 10.8 Å². The highest BCUT2D eigenvalue weighted by Gasteiger charge is 2.08. The van der Waals surface area contributed by atoms with Crippen LogP contribution in [0.3, 0.4) is 0 Å². The van der Waals surface area contributed by atoms with Crippen molar-refractivity contribution in [1.82, 2.24) is 9.55 Å². The van der Waals surface area contributed by atoms with E-state index in [0.29, 0.717) is 17.0 Å². The van der Waals surface area contributed by atoms with E-state index in [9.17, 15) is 9.59 Å². The summed E-state index contributed by atoms with van der Waals surface area (Å²) in [4.78, 5) is 28.5. The van der Waals surface area contributed by atoms with Crippen LogP contribution in [-0.2, 0) is 11.3 Å². The molecule has 3 rings (SSSR count). The Kier molecular flexibility index (Phi) is 4.05. The maximum absolute atomic E-state index is 12.4. The summed E-state index contributed by atoms with van der Waals surface area (Å²) >= 11 is 0. The Morgan fingerprint density at radius 3 is 2.87 bits per heavy atom. The standard InChI is InChI=1S/C17H15N3O3/c1-23-13-5-6-14-12(10-13)7-9-20(17(14)22)11-16(21)19-15-4-2-3-8-18-15/h2-10H,11H2,1H3,(H,18,19,21). The maximum atomic E-state index is 12.4. The van der Waals surface area contributed by atoms with Crippen molar-refractivity contribution in [3.05, 3.63) is 65.2 Å². The van der Waals surface area contributed by atoms with Crippen LogP contribution in [0.4, 0.5) is 5.82 Å². The molecule has 1 amide bonds. The van der Waals surface area contributed by atoms with Crippen LogP contribution in [0.2, 0.25) is 0 Å². The normalized spacial score (nSPS) is 10.5. The largest absolute Gasteiger partial charge is 0.497 e. The number of amides is 1. The molecule has 116 valence electrons. The van der Waals surface area contributed by atoms with E-state index in [-0.39, 0.29) is 18.0 Å². The first-order valence-electron chi connectivity index (χ1n) is 7.05. The van der Waals surface area contributed by atoms with Crippen molar-refractivity contribution in [3.8, 4) is 5.75 Å². The SMILES string of the molecule is COc1ccc2c(=O)n(CC(=O)Nc3ccccn3)ccc2c1. The molecule has 1 aromatic carbocycles. The molecule has 0 fully saturated rings. The van der Waals surface area contributed by atoms with E-state index in [1.807, 2.05) is 0 Å². The molecule has 0 radical (unpaired) electrons. The highest BCUT2D eigenvalue weighted by Crippen LogP contribution is 2.17. The Labute approximate surface area is 132 Å². The smallest absolute Gasteiger partial charge is 0.258 e. The summed E-state index contributed by atoms with van der Waals surface area (Å²) in [5.41, 5.74) is -0.221. The third-order valence-electron chi connectivity index (χ3n) is 3.43. The number of carbonyl (C=O) groups is 1. The summed E-state index contributed by atoms with van der Waals surface area (Å²) < 4.78 is 6.51. The van der Waals surface area contributed by atoms with E-state index < -0.39 is 0 Å². The minimum atomic E-state index is -0.307. The minimum absolute atomic E-state index is 0.0720. The number of rotatable bonds is 4. The zero-order valence-electron chi connectivity index (χ0n) is 12.5. The number of benzene rings is 1. The first kappa shape index (κ1) is 14.8. The molecule has 0 atom stereocenters. The summed E-state index contributed by atoms with van der Waals surface area (Å²) in [7, 11) is 1.57. The van der Waals surface area contributed by atoms with Gasteiger partial charge in [-0.05, 0) is 41.8 Å². The lowest BCUT2D eigenvalue weighted by Crippen LogP contribution is -2.27. The molecular weight excluding hydrogens is 294 g/mol. The van der Waals surface area contributed by atoms with Crippen molar-refractivity contribution < 1.29 is 9.53 Å². The van der Waals surface area contributed by atoms with Gasteiger partial charge in [-0.3, -0.25) is 9.59 Å². The molecule has 0 saturated carbocycles. The van der Waals surface area contributed by atoms with Gasteiger partial charge in [-0.25, -0.2) is 4.98 Å². The van der Waals surface area contributed by atoms with Crippen molar-refractivity contribution in [2.75, 3.05) is 12.4 Å². The van der Waals surface area contributed by atoms with Crippen molar-refractivity contribution in [2.45, 2.75) is 6.54 Å². The lowest BCUT2D eigenvalue weighted by Gasteiger charge is -2.08. The average Bonchev–Trinajstić information content (AvgIpc) is 2.58. The number of nitrogens with one attached hydrogen (secondary N) is 1. The Balaban J connectivity index is 1.84. The van der Waals surface area contributed by atoms with E-state index in [1.165, 1.54) is 4.57 Å². The van der Waals surface area contributed by atoms with Gasteiger partial charge in [0.25, 0.3) is 5.56 Å². The lowest BCUT2D eigenvalue weighted by molar-refractivity contribution is -0.116. The van der Waals surface area contributed by atoms with Gasteiger partial charge in [-0.2, -0.15) is 0 Å². The number of aromatic nitrogens is 2. The van der Waals surface area contributed by atoms with Crippen molar-refractivity contribution in [2.24, 2.45) is 0 Å². The molecule has 1 N–H and O–H groups in total. The number of pyridine rings is 2. The van der Waals surface area contributed by atoms with E-state index >= 15 is 0 Å². The molecule has 0 saturated heterocycles. The van der Waals surface area contributed by atoms with Gasteiger partial charge in [0.1, 0.15) is 18.1 Å². The van der Waals surface area contributed by atoms with E-state index in [4.69, 9.17) is 4.74 Å². The number of carbonyl (C=O) groups excluding carboxylic acids is 1. The summed E-state index contributed by atoms with van der Waals surface area (Å²) in [6.45, 7) is -0.0720. The topological polar surface area (TPSA) is 73.2 Å². The molecule has 6 heteroatoms. The summed E-state index contributed by atoms with van der Waals surface area (Å²) in [6, 6.07) is 12.2. The molecule has 0 aliphatic heterocycles. The molecule has 0 bridgehead atoms. The fraction of sp³-hybridized carbons (Fsp3) is 0.118. The predicted molar refractivity (Wildman–Crippen MR) is 87.6 cm³/mol. The maximum Gasteiger partial charge on any atom is 0.258 e. The van der Waals surface area contributed by atoms with Gasteiger partial charge in [-0.15, -0.1) is 0 Å². The highest BCUT2D eigenvalue weighted by molar-refractivity contribution is 5.90. The first-order valence-corrected chi connectivity index (χ1v) is 7.05. The van der Waals surface area contributed by atoms with Gasteiger partial charge >= 0.3 is 0 Å². The third-order valence-corrected chi connectivity index (χ3v) is 3.43. The summed E-state index contributed by atoms with van der Waals surface area (Å²) in [5.74, 6) is 0.831. The molecule has 0 unspecified atom stereocenters. The monoisotopic (exact) mass is 309 g/mol. The predicted octanol–water partition coefficient (Wildman–Crippen LogP) is 2.04. The Morgan fingerprint density at radius 2 is 2.13 bits per heavy atom. The first-order chi connectivity index (χ1) is 11.2. The number of ether oxygens (including phenoxy) is 1. The Bertz CT molecular complexity index is 904. The van der Waals surface area contributed by atoms with Gasteiger partial charge in [0.15, 0.2) is 0 Å². The molecule has 6 nitrogen and oxygen atoms in total. The average molecular weight is 309 g/mol. The number of hydrogen-bond donors (Lipinski definition) is 1. The Hall–Kier alpha value is -3.15. The fourth-order valence-corrected chi connectivity index (χ4v) is 2.29. The van der Waals surface area contributed by atoms with Crippen LogP contribution in [0.1, 0.15) is 0 Å². The zero-order chi connectivity index (χ0) is 16.2. The number of hydrogen-bond acceptors (Lipinski definition) is 4. The van der Waals surface area contributed by atoms with Gasteiger partial charge in [0.2, 0.25) is 5.91 Å². The van der Waals surface area contributed by atoms with E-state index in [1.54, 1.807) is 62.0 Å². The Morgan fingerprint density at radius 1 is 1.26 bits per heavy atom. The number of nitrogens with zero attached hydrogens (tertiary/aromatic N) is 2. The second-order valence-electron chi connectivity index (χ2n) is 4.97. The lowest BCUT2D eigenvalue weighted by atomic mass is 10.1. The van der Waals surface area contributed by atoms with Crippen LogP contribution in [0.5, 0.6) is 5.75 Å². The second-order valence-corrected chi connectivity index (χ2v) is 4.97. The summed E-state index contributed by atoms with van der Waals surface area (Å²) in [6.07, 6.45) is 3.19. The van der Waals surface area contributed by atoms with Crippen LogP contribution in [0, 0.1) is 0 Å². The van der Waals surface area contributed by atoms with Crippen LogP contribution in [0.15, 0.2) is 59.7 Å². The molecular formula is C17H15N3O3. The van der Waals surface area contributed by atoms with Gasteiger partial charge in [-0.1, -0.05) is 6.07 Å². The second kappa shape index (κ2) is 6.31. The van der Waals surface area contributed by atoms with Crippen molar-refractivity contribution in [1.29, 1.82) is 0 Å². The van der Waals surface area contributed by atoms with Crippen LogP contribution >= 0.6 is 0 Å². The highest BCUT2D eigenvalue weighted by atomic mass is 16.5. The van der Waals surface area contributed by atoms with Crippen LogP contribution in [-0.4, -0.2) is 22.6 Å². The minimum Gasteiger partial charge on any atom is -0.497 e. The summed E-state index contributed by atoms with van der Waals surface area (Å²) in [5, 5.41) is 3.97. The van der Waals surface area contributed by atoms with E-state index in [0.717, 1.165) is 5.39 Å². The molecule has 0 aliphatic carbocycles. The quantitative estimate of drug-likeness (QED) is 0.800. The number of anilines is 1. The van der Waals surface area contributed by atoms with E-state index in [2.05, 4.69) is 10.3 Å². The molecule has 0 aliphatic rings. The number of methoxy groups -OCH3 is 1. The van der Waals surface area contributed by atoms with Gasteiger partial charge < -0.3 is 14.6 Å². The molecule has 3 aromatic rings. The molecule has 2 aromatic heterocycles.